The third kappa shape index (κ3) is 5.96. The molecule has 0 spiro atoms. The number of urea groups is 1. The lowest BCUT2D eigenvalue weighted by molar-refractivity contribution is -0.117. The van der Waals surface area contributed by atoms with Crippen molar-refractivity contribution in [3.63, 3.8) is 0 Å². The first-order valence-electron chi connectivity index (χ1n) is 12.9. The molecule has 36 heavy (non-hydrogen) atoms. The predicted molar refractivity (Wildman–Crippen MR) is 144 cm³/mol. The molecule has 1 aliphatic carbocycles. The largest absolute Gasteiger partial charge is 0.335 e. The van der Waals surface area contributed by atoms with E-state index in [1.807, 2.05) is 82.3 Å². The second-order valence-electron chi connectivity index (χ2n) is 9.98. The number of carbonyl (C=O) groups is 2. The minimum absolute atomic E-state index is 0.0391. The van der Waals surface area contributed by atoms with Crippen LogP contribution in [-0.2, 0) is 4.79 Å². The van der Waals surface area contributed by atoms with Gasteiger partial charge in [0.1, 0.15) is 12.4 Å². The van der Waals surface area contributed by atoms with E-state index in [0.29, 0.717) is 5.82 Å². The Morgan fingerprint density at radius 2 is 1.67 bits per heavy atom. The summed E-state index contributed by atoms with van der Waals surface area (Å²) in [5.41, 5.74) is 4.66. The number of hydrogen-bond acceptors (Lipinski definition) is 3. The third-order valence-corrected chi connectivity index (χ3v) is 6.79. The minimum atomic E-state index is -0.257. The molecule has 3 amide bonds. The van der Waals surface area contributed by atoms with E-state index in [9.17, 15) is 9.59 Å². The van der Waals surface area contributed by atoms with Gasteiger partial charge in [-0.1, -0.05) is 67.3 Å². The summed E-state index contributed by atoms with van der Waals surface area (Å²) in [6.07, 6.45) is 5.49. The van der Waals surface area contributed by atoms with E-state index in [2.05, 4.69) is 10.6 Å². The van der Waals surface area contributed by atoms with Crippen LogP contribution in [0.5, 0.6) is 0 Å². The summed E-state index contributed by atoms with van der Waals surface area (Å²) in [5.74, 6) is 0.344. The van der Waals surface area contributed by atoms with Gasteiger partial charge in [0.25, 0.3) is 0 Å². The van der Waals surface area contributed by atoms with Gasteiger partial charge < -0.3 is 15.5 Å². The van der Waals surface area contributed by atoms with E-state index in [1.165, 1.54) is 6.42 Å². The van der Waals surface area contributed by atoms with Gasteiger partial charge in [0.2, 0.25) is 5.91 Å². The molecule has 1 fully saturated rings. The van der Waals surface area contributed by atoms with Crippen LogP contribution in [0.4, 0.5) is 10.6 Å². The summed E-state index contributed by atoms with van der Waals surface area (Å²) in [5, 5.41) is 11.0. The summed E-state index contributed by atoms with van der Waals surface area (Å²) in [7, 11) is 0. The standard InChI is InChI=1S/C29H37N5O2/c1-20(2)33(29(36)30-24-13-9-6-10-14-24)19-26(35)31-28-27(23-11-7-5-8-12-23)22(4)32-34(28)25-17-15-21(3)16-18-25/h5,7-8,11-12,15-18,20,24H,6,9-10,13-14,19H2,1-4H3,(H,30,36)(H,31,35). The molecule has 0 unspecified atom stereocenters. The smallest absolute Gasteiger partial charge is 0.318 e. The number of carbonyl (C=O) groups excluding carboxylic acids is 2. The fraction of sp³-hybridized carbons (Fsp3) is 0.414. The second-order valence-corrected chi connectivity index (χ2v) is 9.98. The first kappa shape index (κ1) is 25.5. The molecule has 0 aliphatic heterocycles. The van der Waals surface area contributed by atoms with Gasteiger partial charge in [-0.2, -0.15) is 5.10 Å². The monoisotopic (exact) mass is 487 g/mol. The Labute approximate surface area is 213 Å². The van der Waals surface area contributed by atoms with Crippen molar-refractivity contribution in [3.8, 4) is 16.8 Å². The summed E-state index contributed by atoms with van der Waals surface area (Å²) in [6, 6.07) is 17.8. The van der Waals surface area contributed by atoms with Gasteiger partial charge in [0, 0.05) is 17.6 Å². The zero-order chi connectivity index (χ0) is 25.7. The Kier molecular flexibility index (Phi) is 8.08. The predicted octanol–water partition coefficient (Wildman–Crippen LogP) is 5.85. The van der Waals surface area contributed by atoms with E-state index < -0.39 is 0 Å². The molecular weight excluding hydrogens is 450 g/mol. The van der Waals surface area contributed by atoms with E-state index in [0.717, 1.165) is 53.8 Å². The van der Waals surface area contributed by atoms with Gasteiger partial charge in [0.15, 0.2) is 0 Å². The Bertz CT molecular complexity index is 1180. The molecule has 2 aromatic carbocycles. The van der Waals surface area contributed by atoms with Gasteiger partial charge >= 0.3 is 6.03 Å². The summed E-state index contributed by atoms with van der Waals surface area (Å²) >= 11 is 0. The maximum absolute atomic E-state index is 13.4. The molecule has 0 atom stereocenters. The number of benzene rings is 2. The number of aromatic nitrogens is 2. The zero-order valence-corrected chi connectivity index (χ0v) is 21.8. The maximum atomic E-state index is 13.4. The van der Waals surface area contributed by atoms with Crippen LogP contribution in [0.1, 0.15) is 57.2 Å². The van der Waals surface area contributed by atoms with Crippen molar-refractivity contribution in [1.82, 2.24) is 20.0 Å². The van der Waals surface area contributed by atoms with Crippen LogP contribution >= 0.6 is 0 Å². The van der Waals surface area contributed by atoms with Gasteiger partial charge in [-0.3, -0.25) is 4.79 Å². The summed E-state index contributed by atoms with van der Waals surface area (Å²) in [4.78, 5) is 28.1. The summed E-state index contributed by atoms with van der Waals surface area (Å²) < 4.78 is 1.77. The molecular formula is C29H37N5O2. The number of hydrogen-bond donors (Lipinski definition) is 2. The number of nitrogens with one attached hydrogen (secondary N) is 2. The lowest BCUT2D eigenvalue weighted by Gasteiger charge is -2.30. The highest BCUT2D eigenvalue weighted by atomic mass is 16.2. The Hall–Kier alpha value is -3.61. The zero-order valence-electron chi connectivity index (χ0n) is 21.8. The number of amides is 3. The van der Waals surface area contributed by atoms with Crippen LogP contribution in [0, 0.1) is 13.8 Å². The molecule has 1 heterocycles. The topological polar surface area (TPSA) is 79.3 Å². The number of aryl methyl sites for hydroxylation is 2. The number of rotatable bonds is 7. The van der Waals surface area contributed by atoms with Crippen LogP contribution in [-0.4, -0.2) is 45.2 Å². The Morgan fingerprint density at radius 1 is 1.00 bits per heavy atom. The molecule has 0 radical (unpaired) electrons. The first-order valence-corrected chi connectivity index (χ1v) is 12.9. The van der Waals surface area contributed by atoms with Crippen molar-refractivity contribution in [2.75, 3.05) is 11.9 Å². The molecule has 2 N–H and O–H groups in total. The van der Waals surface area contributed by atoms with E-state index in [1.54, 1.807) is 9.58 Å². The highest BCUT2D eigenvalue weighted by Gasteiger charge is 2.26. The quantitative estimate of drug-likeness (QED) is 0.439. The van der Waals surface area contributed by atoms with Crippen molar-refractivity contribution < 1.29 is 9.59 Å². The number of nitrogens with zero attached hydrogens (tertiary/aromatic N) is 3. The average molecular weight is 488 g/mol. The molecule has 7 nitrogen and oxygen atoms in total. The molecule has 1 saturated carbocycles. The van der Waals surface area contributed by atoms with Crippen LogP contribution in [0.2, 0.25) is 0 Å². The maximum Gasteiger partial charge on any atom is 0.318 e. The normalized spacial score (nSPS) is 14.0. The summed E-state index contributed by atoms with van der Waals surface area (Å²) in [6.45, 7) is 7.81. The van der Waals surface area contributed by atoms with Crippen LogP contribution < -0.4 is 10.6 Å². The van der Waals surface area contributed by atoms with Crippen molar-refractivity contribution in [2.24, 2.45) is 0 Å². The van der Waals surface area contributed by atoms with Crippen LogP contribution in [0.3, 0.4) is 0 Å². The molecule has 3 aromatic rings. The van der Waals surface area contributed by atoms with Crippen LogP contribution in [0.15, 0.2) is 54.6 Å². The van der Waals surface area contributed by atoms with Gasteiger partial charge in [0.05, 0.1) is 11.4 Å². The highest BCUT2D eigenvalue weighted by Crippen LogP contribution is 2.33. The molecule has 1 aliphatic rings. The lowest BCUT2D eigenvalue weighted by atomic mass is 9.96. The van der Waals surface area contributed by atoms with Crippen molar-refractivity contribution in [3.05, 3.63) is 65.9 Å². The van der Waals surface area contributed by atoms with Gasteiger partial charge in [-0.05, 0) is 58.2 Å². The minimum Gasteiger partial charge on any atom is -0.335 e. The van der Waals surface area contributed by atoms with E-state index >= 15 is 0 Å². The van der Waals surface area contributed by atoms with Crippen molar-refractivity contribution >= 4 is 17.8 Å². The third-order valence-electron chi connectivity index (χ3n) is 6.79. The molecule has 4 rings (SSSR count). The average Bonchev–Trinajstić information content (AvgIpc) is 3.19. The molecule has 7 heteroatoms. The van der Waals surface area contributed by atoms with E-state index in [4.69, 9.17) is 5.10 Å². The fourth-order valence-corrected chi connectivity index (χ4v) is 4.79. The fourth-order valence-electron chi connectivity index (χ4n) is 4.79. The second kappa shape index (κ2) is 11.4. The SMILES string of the molecule is Cc1ccc(-n2nc(C)c(-c3ccccc3)c2NC(=O)CN(C(=O)NC2CCCCC2)C(C)C)cc1. The van der Waals surface area contributed by atoms with Crippen LogP contribution in [0.25, 0.3) is 16.8 Å². The molecule has 0 bridgehead atoms. The Morgan fingerprint density at radius 3 is 2.31 bits per heavy atom. The number of anilines is 1. The van der Waals surface area contributed by atoms with Gasteiger partial charge in [-0.25, -0.2) is 9.48 Å². The Balaban J connectivity index is 1.60. The van der Waals surface area contributed by atoms with Gasteiger partial charge in [-0.15, -0.1) is 0 Å². The highest BCUT2D eigenvalue weighted by molar-refractivity contribution is 5.98. The van der Waals surface area contributed by atoms with E-state index in [-0.39, 0.29) is 30.6 Å². The molecule has 190 valence electrons. The van der Waals surface area contributed by atoms with Crippen molar-refractivity contribution in [2.45, 2.75) is 71.9 Å². The molecule has 0 saturated heterocycles. The lowest BCUT2D eigenvalue weighted by Crippen LogP contribution is -2.50. The first-order chi connectivity index (χ1) is 17.3. The molecule has 1 aromatic heterocycles. The van der Waals surface area contributed by atoms with Crippen molar-refractivity contribution in [1.29, 1.82) is 0 Å².